The van der Waals surface area contributed by atoms with Gasteiger partial charge in [0.2, 0.25) is 15.9 Å². The summed E-state index contributed by atoms with van der Waals surface area (Å²) in [5, 5.41) is 4.15. The zero-order valence-electron chi connectivity index (χ0n) is 12.4. The van der Waals surface area contributed by atoms with Crippen LogP contribution in [-0.4, -0.2) is 73.9 Å². The standard InChI is InChI=1S/C12H18N4O4S2/c1-13-11(17)9-5-15(12(18)10-7-21-8-14-10)3-4-16(6-9)22(2,19)20/h7-9H,3-6H2,1-2H3,(H,13,17). The minimum atomic E-state index is -3.42. The monoisotopic (exact) mass is 346 g/mol. The summed E-state index contributed by atoms with van der Waals surface area (Å²) in [5.41, 5.74) is 1.87. The smallest absolute Gasteiger partial charge is 0.273 e. The summed E-state index contributed by atoms with van der Waals surface area (Å²) in [6.45, 7) is 0.639. The van der Waals surface area contributed by atoms with Crippen LogP contribution < -0.4 is 5.32 Å². The van der Waals surface area contributed by atoms with Gasteiger partial charge in [-0.15, -0.1) is 11.3 Å². The number of amides is 2. The zero-order valence-corrected chi connectivity index (χ0v) is 14.0. The molecule has 0 saturated carbocycles. The number of carbonyl (C=O) groups excluding carboxylic acids is 2. The highest BCUT2D eigenvalue weighted by atomic mass is 32.2. The van der Waals surface area contributed by atoms with Crippen LogP contribution in [0.1, 0.15) is 10.5 Å². The normalized spacial score (nSPS) is 20.5. The van der Waals surface area contributed by atoms with E-state index in [0.29, 0.717) is 5.69 Å². The average molecular weight is 346 g/mol. The first-order valence-corrected chi connectivity index (χ1v) is 9.46. The van der Waals surface area contributed by atoms with Crippen LogP contribution in [0.3, 0.4) is 0 Å². The highest BCUT2D eigenvalue weighted by molar-refractivity contribution is 7.88. The Morgan fingerprint density at radius 2 is 2.09 bits per heavy atom. The fourth-order valence-electron chi connectivity index (χ4n) is 2.32. The van der Waals surface area contributed by atoms with Gasteiger partial charge in [-0.1, -0.05) is 0 Å². The fourth-order valence-corrected chi connectivity index (χ4v) is 3.71. The molecule has 122 valence electrons. The van der Waals surface area contributed by atoms with Crippen molar-refractivity contribution in [1.29, 1.82) is 0 Å². The Kier molecular flexibility index (Phi) is 5.14. The molecule has 1 aliphatic heterocycles. The molecule has 0 bridgehead atoms. The lowest BCUT2D eigenvalue weighted by Crippen LogP contribution is -2.42. The summed E-state index contributed by atoms with van der Waals surface area (Å²) in [6.07, 6.45) is 1.10. The van der Waals surface area contributed by atoms with Crippen LogP contribution in [-0.2, 0) is 14.8 Å². The molecule has 0 aromatic carbocycles. The molecule has 2 amide bonds. The highest BCUT2D eigenvalue weighted by Gasteiger charge is 2.33. The Morgan fingerprint density at radius 3 is 2.64 bits per heavy atom. The molecule has 0 aliphatic carbocycles. The SMILES string of the molecule is CNC(=O)C1CN(C(=O)c2cscn2)CCN(S(C)(=O)=O)C1. The Bertz CT molecular complexity index is 644. The largest absolute Gasteiger partial charge is 0.359 e. The van der Waals surface area contributed by atoms with Gasteiger partial charge in [0.25, 0.3) is 5.91 Å². The predicted octanol–water partition coefficient (Wildman–Crippen LogP) is -0.777. The predicted molar refractivity (Wildman–Crippen MR) is 82.0 cm³/mol. The number of thiazole rings is 1. The van der Waals surface area contributed by atoms with Gasteiger partial charge in [0.15, 0.2) is 0 Å². The van der Waals surface area contributed by atoms with E-state index in [2.05, 4.69) is 10.3 Å². The highest BCUT2D eigenvalue weighted by Crippen LogP contribution is 2.15. The topological polar surface area (TPSA) is 99.7 Å². The first-order valence-electron chi connectivity index (χ1n) is 6.67. The van der Waals surface area contributed by atoms with Crippen molar-refractivity contribution in [3.05, 3.63) is 16.6 Å². The van der Waals surface area contributed by atoms with Crippen LogP contribution in [0.15, 0.2) is 10.9 Å². The van der Waals surface area contributed by atoms with Crippen molar-refractivity contribution in [2.45, 2.75) is 0 Å². The lowest BCUT2D eigenvalue weighted by atomic mass is 10.1. The number of rotatable bonds is 3. The van der Waals surface area contributed by atoms with E-state index in [1.165, 1.54) is 27.6 Å². The van der Waals surface area contributed by atoms with E-state index in [1.54, 1.807) is 10.9 Å². The number of hydrogen-bond donors (Lipinski definition) is 1. The van der Waals surface area contributed by atoms with Crippen LogP contribution in [0, 0.1) is 5.92 Å². The molecule has 1 fully saturated rings. The molecule has 1 unspecified atom stereocenters. The molecule has 2 rings (SSSR count). The maximum Gasteiger partial charge on any atom is 0.273 e. The second-order valence-electron chi connectivity index (χ2n) is 5.06. The Labute approximate surface area is 133 Å². The summed E-state index contributed by atoms with van der Waals surface area (Å²) in [5.74, 6) is -1.18. The maximum absolute atomic E-state index is 12.4. The molecule has 22 heavy (non-hydrogen) atoms. The minimum absolute atomic E-state index is 0.0688. The molecule has 1 aromatic heterocycles. The van der Waals surface area contributed by atoms with Crippen molar-refractivity contribution < 1.29 is 18.0 Å². The number of nitrogens with one attached hydrogen (secondary N) is 1. The number of carbonyl (C=O) groups is 2. The van der Waals surface area contributed by atoms with Gasteiger partial charge < -0.3 is 10.2 Å². The van der Waals surface area contributed by atoms with E-state index < -0.39 is 15.9 Å². The molecule has 1 aromatic rings. The second kappa shape index (κ2) is 6.71. The molecule has 0 spiro atoms. The number of aromatic nitrogens is 1. The number of sulfonamides is 1. The first kappa shape index (κ1) is 16.8. The summed E-state index contributed by atoms with van der Waals surface area (Å²) < 4.78 is 24.8. The zero-order chi connectivity index (χ0) is 16.3. The third-order valence-corrected chi connectivity index (χ3v) is 5.37. The Morgan fingerprint density at radius 1 is 1.36 bits per heavy atom. The van der Waals surface area contributed by atoms with E-state index in [4.69, 9.17) is 0 Å². The molecule has 1 saturated heterocycles. The molecule has 2 heterocycles. The van der Waals surface area contributed by atoms with Gasteiger partial charge in [0.1, 0.15) is 5.69 Å². The van der Waals surface area contributed by atoms with Gasteiger partial charge in [-0.05, 0) is 0 Å². The van der Waals surface area contributed by atoms with Crippen LogP contribution in [0.25, 0.3) is 0 Å². The van der Waals surface area contributed by atoms with Crippen LogP contribution >= 0.6 is 11.3 Å². The molecule has 1 N–H and O–H groups in total. The minimum Gasteiger partial charge on any atom is -0.359 e. The molecule has 1 atom stereocenters. The van der Waals surface area contributed by atoms with Crippen molar-refractivity contribution >= 4 is 33.2 Å². The van der Waals surface area contributed by atoms with Crippen molar-refractivity contribution in [2.75, 3.05) is 39.5 Å². The molecular weight excluding hydrogens is 328 g/mol. The fraction of sp³-hybridized carbons (Fsp3) is 0.583. The van der Waals surface area contributed by atoms with Gasteiger partial charge in [-0.3, -0.25) is 9.59 Å². The summed E-state index contributed by atoms with van der Waals surface area (Å²) in [4.78, 5) is 29.8. The lowest BCUT2D eigenvalue weighted by molar-refractivity contribution is -0.124. The quantitative estimate of drug-likeness (QED) is 0.774. The van der Waals surface area contributed by atoms with E-state index in [1.807, 2.05) is 0 Å². The van der Waals surface area contributed by atoms with Crippen molar-refractivity contribution in [1.82, 2.24) is 19.5 Å². The third-order valence-electron chi connectivity index (χ3n) is 3.51. The van der Waals surface area contributed by atoms with Gasteiger partial charge in [0, 0.05) is 38.6 Å². The second-order valence-corrected chi connectivity index (χ2v) is 7.76. The van der Waals surface area contributed by atoms with Gasteiger partial charge >= 0.3 is 0 Å². The Hall–Kier alpha value is -1.52. The third kappa shape index (κ3) is 3.81. The van der Waals surface area contributed by atoms with E-state index in [0.717, 1.165) is 6.26 Å². The first-order chi connectivity index (χ1) is 10.3. The van der Waals surface area contributed by atoms with Gasteiger partial charge in [-0.25, -0.2) is 13.4 Å². The summed E-state index contributed by atoms with van der Waals surface area (Å²) in [6, 6.07) is 0. The molecular formula is C12H18N4O4S2. The van der Waals surface area contributed by atoms with E-state index >= 15 is 0 Å². The van der Waals surface area contributed by atoms with Crippen LogP contribution in [0.5, 0.6) is 0 Å². The maximum atomic E-state index is 12.4. The average Bonchev–Trinajstić information content (AvgIpc) is 2.89. The van der Waals surface area contributed by atoms with Gasteiger partial charge in [-0.2, -0.15) is 4.31 Å². The molecule has 10 heteroatoms. The van der Waals surface area contributed by atoms with E-state index in [-0.39, 0.29) is 38.0 Å². The van der Waals surface area contributed by atoms with Crippen molar-refractivity contribution in [3.8, 4) is 0 Å². The number of hydrogen-bond acceptors (Lipinski definition) is 6. The van der Waals surface area contributed by atoms with Crippen LogP contribution in [0.4, 0.5) is 0 Å². The van der Waals surface area contributed by atoms with Crippen molar-refractivity contribution in [3.63, 3.8) is 0 Å². The summed E-state index contributed by atoms with van der Waals surface area (Å²) >= 11 is 1.31. The Balaban J connectivity index is 2.23. The molecule has 0 radical (unpaired) electrons. The summed E-state index contributed by atoms with van der Waals surface area (Å²) in [7, 11) is -1.93. The molecule has 8 nitrogen and oxygen atoms in total. The lowest BCUT2D eigenvalue weighted by Gasteiger charge is -2.22. The van der Waals surface area contributed by atoms with Crippen molar-refractivity contribution in [2.24, 2.45) is 5.92 Å². The van der Waals surface area contributed by atoms with Crippen LogP contribution in [0.2, 0.25) is 0 Å². The van der Waals surface area contributed by atoms with Gasteiger partial charge in [0.05, 0.1) is 17.7 Å². The molecule has 1 aliphatic rings. The van der Waals surface area contributed by atoms with E-state index in [9.17, 15) is 18.0 Å². The number of nitrogens with zero attached hydrogens (tertiary/aromatic N) is 3.